The molecule has 1 aromatic carbocycles. The van der Waals surface area contributed by atoms with Crippen molar-refractivity contribution in [3.8, 4) is 0 Å². The smallest absolute Gasteiger partial charge is 0.338 e. The molecule has 0 saturated carbocycles. The zero-order valence-electron chi connectivity index (χ0n) is 17.3. The van der Waals surface area contributed by atoms with Gasteiger partial charge in [-0.05, 0) is 50.9 Å². The van der Waals surface area contributed by atoms with Crippen molar-refractivity contribution in [3.05, 3.63) is 70.8 Å². The van der Waals surface area contributed by atoms with E-state index in [-0.39, 0.29) is 18.7 Å². The van der Waals surface area contributed by atoms with Crippen LogP contribution in [0.15, 0.2) is 58.3 Å². The van der Waals surface area contributed by atoms with Crippen LogP contribution in [0.4, 0.5) is 4.79 Å². The fourth-order valence-corrected chi connectivity index (χ4v) is 4.33. The highest BCUT2D eigenvalue weighted by Gasteiger charge is 2.37. The van der Waals surface area contributed by atoms with E-state index in [2.05, 4.69) is 46.7 Å². The summed E-state index contributed by atoms with van der Waals surface area (Å²) in [5, 5.41) is 5.65. The van der Waals surface area contributed by atoms with Crippen molar-refractivity contribution in [2.75, 3.05) is 19.7 Å². The molecule has 0 aliphatic carbocycles. The van der Waals surface area contributed by atoms with Crippen molar-refractivity contribution < 1.29 is 18.7 Å². The van der Waals surface area contributed by atoms with Crippen molar-refractivity contribution >= 4 is 12.0 Å². The second kappa shape index (κ2) is 8.75. The van der Waals surface area contributed by atoms with E-state index in [1.165, 1.54) is 17.4 Å². The molecule has 0 radical (unpaired) electrons. The van der Waals surface area contributed by atoms with Gasteiger partial charge in [-0.25, -0.2) is 9.59 Å². The number of hydrogen-bond donors (Lipinski definition) is 2. The molecule has 158 valence electrons. The number of hydrogen-bond acceptors (Lipinski definition) is 5. The number of esters is 1. The van der Waals surface area contributed by atoms with Gasteiger partial charge in [-0.3, -0.25) is 4.90 Å². The lowest BCUT2D eigenvalue weighted by Gasteiger charge is -2.32. The number of rotatable bonds is 6. The summed E-state index contributed by atoms with van der Waals surface area (Å²) >= 11 is 0. The monoisotopic (exact) mass is 409 g/mol. The molecule has 2 unspecified atom stereocenters. The number of aryl methyl sites for hydroxylation is 1. The number of benzene rings is 1. The van der Waals surface area contributed by atoms with E-state index < -0.39 is 12.0 Å². The predicted molar refractivity (Wildman–Crippen MR) is 112 cm³/mol. The highest BCUT2D eigenvalue weighted by atomic mass is 16.5. The topological polar surface area (TPSA) is 83.8 Å². The summed E-state index contributed by atoms with van der Waals surface area (Å²) in [5.74, 6) is 0.0507. The predicted octanol–water partition coefficient (Wildman–Crippen LogP) is 3.60. The molecule has 4 rings (SSSR count). The maximum atomic E-state index is 12.9. The highest BCUT2D eigenvalue weighted by Crippen LogP contribution is 2.35. The number of ether oxygens (including phenoxy) is 1. The normalized spacial score (nSPS) is 22.0. The summed E-state index contributed by atoms with van der Waals surface area (Å²) in [7, 11) is 0. The zero-order valence-corrected chi connectivity index (χ0v) is 17.3. The molecule has 7 heteroatoms. The lowest BCUT2D eigenvalue weighted by atomic mass is 9.98. The van der Waals surface area contributed by atoms with E-state index in [9.17, 15) is 9.59 Å². The first-order valence-corrected chi connectivity index (χ1v) is 10.4. The van der Waals surface area contributed by atoms with Gasteiger partial charge in [0.2, 0.25) is 0 Å². The Bertz CT molecular complexity index is 951. The van der Waals surface area contributed by atoms with Gasteiger partial charge in [0, 0.05) is 18.3 Å². The summed E-state index contributed by atoms with van der Waals surface area (Å²) in [6.45, 7) is 5.46. The average molecular weight is 409 g/mol. The van der Waals surface area contributed by atoms with Gasteiger partial charge in [0.05, 0.1) is 18.4 Å². The Morgan fingerprint density at radius 1 is 1.30 bits per heavy atom. The molecule has 2 amide bonds. The Morgan fingerprint density at radius 3 is 2.90 bits per heavy atom. The van der Waals surface area contributed by atoms with Gasteiger partial charge in [-0.2, -0.15) is 0 Å². The molecule has 2 aliphatic heterocycles. The maximum absolute atomic E-state index is 12.9. The van der Waals surface area contributed by atoms with Crippen molar-refractivity contribution in [2.24, 2.45) is 0 Å². The van der Waals surface area contributed by atoms with E-state index in [1.54, 1.807) is 19.1 Å². The van der Waals surface area contributed by atoms with Crippen molar-refractivity contribution in [3.63, 3.8) is 0 Å². The Kier molecular flexibility index (Phi) is 5.90. The van der Waals surface area contributed by atoms with Crippen molar-refractivity contribution in [1.29, 1.82) is 0 Å². The Morgan fingerprint density at radius 2 is 2.17 bits per heavy atom. The molecule has 7 nitrogen and oxygen atoms in total. The molecular formula is C23H27N3O4. The van der Waals surface area contributed by atoms with Gasteiger partial charge in [0.15, 0.2) is 0 Å². The minimum absolute atomic E-state index is 0.245. The maximum Gasteiger partial charge on any atom is 0.338 e. The van der Waals surface area contributed by atoms with Crippen LogP contribution in [0.1, 0.15) is 48.7 Å². The lowest BCUT2D eigenvalue weighted by molar-refractivity contribution is -0.139. The number of nitrogens with one attached hydrogen (secondary N) is 2. The number of nitrogens with zero attached hydrogens (tertiary/aromatic N) is 1. The lowest BCUT2D eigenvalue weighted by Crippen LogP contribution is -2.48. The van der Waals surface area contributed by atoms with Crippen LogP contribution in [-0.4, -0.2) is 36.6 Å². The Labute approximate surface area is 176 Å². The average Bonchev–Trinajstić information content (AvgIpc) is 3.40. The Hall–Kier alpha value is -3.06. The van der Waals surface area contributed by atoms with Crippen LogP contribution >= 0.6 is 0 Å². The number of likely N-dealkylation sites (tertiary alicyclic amines) is 1. The third kappa shape index (κ3) is 4.11. The molecule has 0 spiro atoms. The van der Waals surface area contributed by atoms with Crippen LogP contribution in [0.3, 0.4) is 0 Å². The van der Waals surface area contributed by atoms with E-state index in [4.69, 9.17) is 9.15 Å². The largest absolute Gasteiger partial charge is 0.467 e. The first kappa shape index (κ1) is 20.2. The summed E-state index contributed by atoms with van der Waals surface area (Å²) in [6.07, 6.45) is 3.63. The Balaban J connectivity index is 1.68. The van der Waals surface area contributed by atoms with Gasteiger partial charge in [-0.1, -0.05) is 29.8 Å². The number of amides is 2. The molecule has 30 heavy (non-hydrogen) atoms. The summed E-state index contributed by atoms with van der Waals surface area (Å²) in [5.41, 5.74) is 3.44. The first-order valence-electron chi connectivity index (χ1n) is 10.4. The van der Waals surface area contributed by atoms with E-state index in [1.807, 2.05) is 0 Å². The first-order chi connectivity index (χ1) is 14.6. The minimum Gasteiger partial charge on any atom is -0.467 e. The summed E-state index contributed by atoms with van der Waals surface area (Å²) in [4.78, 5) is 27.6. The number of carbonyl (C=O) groups excluding carboxylic acids is 2. The zero-order chi connectivity index (χ0) is 21.1. The second-order valence-electron chi connectivity index (χ2n) is 7.70. The van der Waals surface area contributed by atoms with Crippen LogP contribution in [0, 0.1) is 6.92 Å². The van der Waals surface area contributed by atoms with Crippen LogP contribution < -0.4 is 10.6 Å². The van der Waals surface area contributed by atoms with Crippen molar-refractivity contribution in [2.45, 2.75) is 38.8 Å². The van der Waals surface area contributed by atoms with Crippen LogP contribution in [0.5, 0.6) is 0 Å². The van der Waals surface area contributed by atoms with Gasteiger partial charge in [-0.15, -0.1) is 0 Å². The van der Waals surface area contributed by atoms with Crippen LogP contribution in [0.25, 0.3) is 0 Å². The quantitative estimate of drug-likeness (QED) is 0.713. The molecule has 2 aromatic rings. The standard InChI is InChI=1S/C23H27N3O4/c1-3-29-22(27)20-17(24-23(28)25-21(20)19-10-6-12-30-19)14-26-11-5-9-18(26)16-8-4-7-15(2)13-16/h4,6-8,10,12-13,18,21H,3,5,9,11,14H2,1-2H3,(H2,24,25,28). The molecule has 1 fully saturated rings. The molecular weight excluding hydrogens is 382 g/mol. The van der Waals surface area contributed by atoms with E-state index in [0.29, 0.717) is 23.6 Å². The third-order valence-corrected chi connectivity index (χ3v) is 5.63. The summed E-state index contributed by atoms with van der Waals surface area (Å²) < 4.78 is 10.8. The molecule has 1 saturated heterocycles. The van der Waals surface area contributed by atoms with Gasteiger partial charge in [0.1, 0.15) is 11.8 Å². The minimum atomic E-state index is -0.678. The van der Waals surface area contributed by atoms with Crippen molar-refractivity contribution in [1.82, 2.24) is 15.5 Å². The van der Waals surface area contributed by atoms with Gasteiger partial charge >= 0.3 is 12.0 Å². The molecule has 2 N–H and O–H groups in total. The second-order valence-corrected chi connectivity index (χ2v) is 7.70. The SMILES string of the molecule is CCOC(=O)C1=C(CN2CCCC2c2cccc(C)c2)NC(=O)NC1c1ccco1. The fourth-order valence-electron chi connectivity index (χ4n) is 4.33. The fraction of sp³-hybridized carbons (Fsp3) is 0.391. The molecule has 2 aliphatic rings. The molecule has 0 bridgehead atoms. The van der Waals surface area contributed by atoms with Gasteiger partial charge in [0.25, 0.3) is 0 Å². The number of carbonyl (C=O) groups is 2. The molecule has 3 heterocycles. The third-order valence-electron chi connectivity index (χ3n) is 5.63. The molecule has 2 atom stereocenters. The van der Waals surface area contributed by atoms with Crippen LogP contribution in [0.2, 0.25) is 0 Å². The molecule has 1 aromatic heterocycles. The summed E-state index contributed by atoms with van der Waals surface area (Å²) in [6, 6.07) is 11.2. The number of furan rings is 1. The van der Waals surface area contributed by atoms with E-state index >= 15 is 0 Å². The van der Waals surface area contributed by atoms with Gasteiger partial charge < -0.3 is 19.8 Å². The highest BCUT2D eigenvalue weighted by molar-refractivity contribution is 5.95. The van der Waals surface area contributed by atoms with E-state index in [0.717, 1.165) is 19.4 Å². The van der Waals surface area contributed by atoms with Crippen LogP contribution in [-0.2, 0) is 9.53 Å². The number of urea groups is 1.